The Morgan fingerprint density at radius 3 is 2.35 bits per heavy atom. The molecule has 0 aliphatic carbocycles. The van der Waals surface area contributed by atoms with Crippen LogP contribution >= 0.6 is 0 Å². The number of sulfonamides is 1. The lowest BCUT2D eigenvalue weighted by Gasteiger charge is -2.28. The summed E-state index contributed by atoms with van der Waals surface area (Å²) in [6.45, 7) is 3.81. The van der Waals surface area contributed by atoms with Crippen molar-refractivity contribution in [1.82, 2.24) is 10.5 Å². The van der Waals surface area contributed by atoms with Crippen molar-refractivity contribution in [3.63, 3.8) is 0 Å². The van der Waals surface area contributed by atoms with Crippen LogP contribution < -0.4 is 19.4 Å². The average molecular weight is 601 g/mol. The number of likely N-dealkylation sites (N-methyl/N-ethyl adjacent to an activating group) is 1. The van der Waals surface area contributed by atoms with Crippen molar-refractivity contribution in [2.75, 3.05) is 22.9 Å². The summed E-state index contributed by atoms with van der Waals surface area (Å²) in [5.41, 5.74) is 3.78. The van der Waals surface area contributed by atoms with Crippen molar-refractivity contribution in [1.29, 1.82) is 0 Å². The van der Waals surface area contributed by atoms with E-state index in [4.69, 9.17) is 4.74 Å². The zero-order valence-electron chi connectivity index (χ0n) is 24.0. The number of nitrogens with one attached hydrogen (secondary N) is 1. The number of carbonyl (C=O) groups excluding carboxylic acids is 2. The van der Waals surface area contributed by atoms with E-state index in [-0.39, 0.29) is 28.6 Å². The number of aromatic nitrogens is 1. The predicted molar refractivity (Wildman–Crippen MR) is 165 cm³/mol. The molecule has 0 aliphatic rings. The van der Waals surface area contributed by atoms with Crippen LogP contribution in [0.3, 0.4) is 0 Å². The van der Waals surface area contributed by atoms with Crippen LogP contribution in [0, 0.1) is 6.92 Å². The predicted octanol–water partition coefficient (Wildman–Crippen LogP) is 4.98. The lowest BCUT2D eigenvalue weighted by molar-refractivity contribution is -0.114. The molecule has 0 aliphatic heterocycles. The van der Waals surface area contributed by atoms with Crippen LogP contribution in [-0.2, 0) is 21.4 Å². The second-order valence-corrected chi connectivity index (χ2v) is 11.3. The first kappa shape index (κ1) is 30.9. The van der Waals surface area contributed by atoms with Crippen LogP contribution in [0.25, 0.3) is 6.08 Å². The third-order valence-corrected chi connectivity index (χ3v) is 8.44. The summed E-state index contributed by atoms with van der Waals surface area (Å²) in [7, 11) is -2.76. The first-order valence-corrected chi connectivity index (χ1v) is 14.8. The first-order valence-electron chi connectivity index (χ1n) is 13.4. The molecule has 11 heteroatoms. The van der Waals surface area contributed by atoms with Crippen LogP contribution in [0.2, 0.25) is 0 Å². The van der Waals surface area contributed by atoms with E-state index in [1.165, 1.54) is 49.7 Å². The fourth-order valence-corrected chi connectivity index (χ4v) is 6.15. The van der Waals surface area contributed by atoms with Gasteiger partial charge in [0.05, 0.1) is 29.8 Å². The second-order valence-electron chi connectivity index (χ2n) is 9.47. The SMILES string of the molecule is CCN(C(=O)C=Cc1cc(C)c(N(Cc2cccnc2)S(=O)(=O)c2ccc(OC)cc2)c(C(=O)NO)c1)c1ccccc1. The molecule has 0 radical (unpaired) electrons. The van der Waals surface area contributed by atoms with Gasteiger partial charge in [0, 0.05) is 30.7 Å². The third-order valence-electron chi connectivity index (χ3n) is 6.68. The number of methoxy groups -OCH3 is 1. The maximum atomic E-state index is 14.1. The molecule has 4 aromatic rings. The molecule has 0 spiro atoms. The molecule has 222 valence electrons. The van der Waals surface area contributed by atoms with Gasteiger partial charge in [-0.25, -0.2) is 13.9 Å². The van der Waals surface area contributed by atoms with Gasteiger partial charge in [0.1, 0.15) is 5.75 Å². The first-order chi connectivity index (χ1) is 20.7. The zero-order valence-corrected chi connectivity index (χ0v) is 24.8. The monoisotopic (exact) mass is 600 g/mol. The van der Waals surface area contributed by atoms with E-state index in [1.54, 1.807) is 47.8 Å². The number of hydrogen-bond donors (Lipinski definition) is 2. The minimum absolute atomic E-state index is 0.0258. The number of rotatable bonds is 11. The number of benzene rings is 3. The van der Waals surface area contributed by atoms with Crippen LogP contribution in [0.1, 0.15) is 34.0 Å². The lowest BCUT2D eigenvalue weighted by Crippen LogP contribution is -2.34. The van der Waals surface area contributed by atoms with Crippen molar-refractivity contribution in [3.8, 4) is 5.75 Å². The zero-order chi connectivity index (χ0) is 31.0. The fraction of sp³-hybridized carbons (Fsp3) is 0.156. The van der Waals surface area contributed by atoms with Crippen LogP contribution in [-0.4, -0.2) is 44.1 Å². The summed E-state index contributed by atoms with van der Waals surface area (Å²) >= 11 is 0. The van der Waals surface area contributed by atoms with Gasteiger partial charge in [-0.1, -0.05) is 24.3 Å². The topological polar surface area (TPSA) is 129 Å². The van der Waals surface area contributed by atoms with E-state index >= 15 is 0 Å². The summed E-state index contributed by atoms with van der Waals surface area (Å²) in [6.07, 6.45) is 6.03. The van der Waals surface area contributed by atoms with Crippen molar-refractivity contribution >= 4 is 39.3 Å². The van der Waals surface area contributed by atoms with E-state index in [9.17, 15) is 23.2 Å². The number of hydroxylamine groups is 1. The Bertz CT molecular complexity index is 1710. The largest absolute Gasteiger partial charge is 0.497 e. The molecule has 0 fully saturated rings. The molecular formula is C32H32N4O6S. The van der Waals surface area contributed by atoms with Crippen molar-refractivity contribution in [2.45, 2.75) is 25.3 Å². The number of anilines is 2. The summed E-state index contributed by atoms with van der Waals surface area (Å²) in [4.78, 5) is 31.7. The van der Waals surface area contributed by atoms with Gasteiger partial charge in [0.2, 0.25) is 0 Å². The third kappa shape index (κ3) is 7.08. The van der Waals surface area contributed by atoms with Gasteiger partial charge in [-0.2, -0.15) is 0 Å². The Morgan fingerprint density at radius 2 is 1.74 bits per heavy atom. The van der Waals surface area contributed by atoms with E-state index in [0.29, 0.717) is 29.0 Å². The van der Waals surface area contributed by atoms with Gasteiger partial charge in [-0.15, -0.1) is 0 Å². The Kier molecular flexibility index (Phi) is 9.91. The number of amides is 2. The number of ether oxygens (including phenoxy) is 1. The maximum absolute atomic E-state index is 14.1. The molecule has 0 atom stereocenters. The molecule has 0 saturated carbocycles. The molecule has 10 nitrogen and oxygen atoms in total. The Morgan fingerprint density at radius 1 is 1.02 bits per heavy atom. The van der Waals surface area contributed by atoms with Crippen LogP contribution in [0.4, 0.5) is 11.4 Å². The van der Waals surface area contributed by atoms with Gasteiger partial charge in [-0.05, 0) is 91.2 Å². The van der Waals surface area contributed by atoms with E-state index in [1.807, 2.05) is 37.3 Å². The Labute approximate surface area is 250 Å². The molecule has 1 aromatic heterocycles. The summed E-state index contributed by atoms with van der Waals surface area (Å²) in [5.74, 6) is -0.710. The molecule has 1 heterocycles. The number of para-hydroxylation sites is 1. The number of pyridine rings is 1. The summed E-state index contributed by atoms with van der Waals surface area (Å²) in [5, 5.41) is 9.62. The number of hydrogen-bond acceptors (Lipinski definition) is 7. The molecule has 3 aromatic carbocycles. The highest BCUT2D eigenvalue weighted by atomic mass is 32.2. The molecule has 0 bridgehead atoms. The minimum atomic E-state index is -4.24. The molecule has 43 heavy (non-hydrogen) atoms. The molecule has 2 N–H and O–H groups in total. The highest BCUT2D eigenvalue weighted by Gasteiger charge is 2.31. The van der Waals surface area contributed by atoms with Gasteiger partial charge in [0.15, 0.2) is 0 Å². The molecular weight excluding hydrogens is 568 g/mol. The van der Waals surface area contributed by atoms with E-state index in [0.717, 1.165) is 9.99 Å². The fourth-order valence-electron chi connectivity index (χ4n) is 4.62. The summed E-state index contributed by atoms with van der Waals surface area (Å²) < 4.78 is 34.5. The van der Waals surface area contributed by atoms with Crippen molar-refractivity contribution in [2.24, 2.45) is 0 Å². The van der Waals surface area contributed by atoms with Crippen LogP contribution in [0.15, 0.2) is 102 Å². The number of carbonyl (C=O) groups is 2. The molecule has 0 saturated heterocycles. The number of nitrogens with zero attached hydrogens (tertiary/aromatic N) is 3. The summed E-state index contributed by atoms with van der Waals surface area (Å²) in [6, 6.07) is 21.6. The van der Waals surface area contributed by atoms with Crippen molar-refractivity contribution < 1.29 is 28.0 Å². The lowest BCUT2D eigenvalue weighted by atomic mass is 10.0. The minimum Gasteiger partial charge on any atom is -0.497 e. The Hall–Kier alpha value is -5.00. The molecule has 2 amide bonds. The Balaban J connectivity index is 1.81. The molecule has 4 rings (SSSR count). The highest BCUT2D eigenvalue weighted by Crippen LogP contribution is 2.34. The average Bonchev–Trinajstić information content (AvgIpc) is 3.03. The number of aryl methyl sites for hydroxylation is 1. The molecule has 0 unspecified atom stereocenters. The quantitative estimate of drug-likeness (QED) is 0.141. The highest BCUT2D eigenvalue weighted by molar-refractivity contribution is 7.92. The van der Waals surface area contributed by atoms with E-state index in [2.05, 4.69) is 4.98 Å². The van der Waals surface area contributed by atoms with Gasteiger partial charge >= 0.3 is 0 Å². The smallest absolute Gasteiger partial charge is 0.276 e. The normalized spacial score (nSPS) is 11.3. The van der Waals surface area contributed by atoms with Gasteiger partial charge < -0.3 is 9.64 Å². The van der Waals surface area contributed by atoms with Crippen LogP contribution in [0.5, 0.6) is 5.75 Å². The van der Waals surface area contributed by atoms with Gasteiger partial charge in [0.25, 0.3) is 21.8 Å². The van der Waals surface area contributed by atoms with Gasteiger partial charge in [-0.3, -0.25) is 24.1 Å². The maximum Gasteiger partial charge on any atom is 0.276 e. The second kappa shape index (κ2) is 13.8. The van der Waals surface area contributed by atoms with E-state index < -0.39 is 15.9 Å². The van der Waals surface area contributed by atoms with Crippen molar-refractivity contribution in [3.05, 3.63) is 120 Å². The standard InChI is InChI=1S/C32H32N4O6S/c1-4-35(26-10-6-5-7-11-26)30(37)17-12-24-19-23(2)31(29(20-24)32(38)34-39)36(22-25-9-8-18-33-21-25)43(40,41)28-15-13-27(42-3)14-16-28/h5-21,39H,4,22H2,1-3H3,(H,34,38).